The fourth-order valence-electron chi connectivity index (χ4n) is 2.13. The summed E-state index contributed by atoms with van der Waals surface area (Å²) in [4.78, 5) is 6.41. The van der Waals surface area contributed by atoms with Crippen molar-refractivity contribution in [1.29, 1.82) is 0 Å². The number of hydrogen-bond donors (Lipinski definition) is 1. The Hall–Kier alpha value is -1.86. The molecule has 2 heterocycles. The summed E-state index contributed by atoms with van der Waals surface area (Å²) < 4.78 is 31.2. The van der Waals surface area contributed by atoms with E-state index in [1.165, 1.54) is 6.07 Å². The van der Waals surface area contributed by atoms with E-state index >= 15 is 0 Å². The molecule has 1 aromatic carbocycles. The molecule has 20 heavy (non-hydrogen) atoms. The maximum atomic E-state index is 13.2. The number of rotatable bonds is 3. The highest BCUT2D eigenvalue weighted by atomic mass is 19.2. The lowest BCUT2D eigenvalue weighted by atomic mass is 10.2. The van der Waals surface area contributed by atoms with E-state index in [9.17, 15) is 8.78 Å². The van der Waals surface area contributed by atoms with Crippen molar-refractivity contribution in [1.82, 2.24) is 20.4 Å². The third-order valence-electron chi connectivity index (χ3n) is 3.21. The van der Waals surface area contributed by atoms with Gasteiger partial charge in [0.15, 0.2) is 11.6 Å². The Kier molecular flexibility index (Phi) is 3.70. The number of aromatic nitrogens is 2. The van der Waals surface area contributed by atoms with Crippen molar-refractivity contribution in [2.45, 2.75) is 6.54 Å². The Labute approximate surface area is 114 Å². The van der Waals surface area contributed by atoms with Crippen LogP contribution in [0.3, 0.4) is 0 Å². The number of halogens is 2. The van der Waals surface area contributed by atoms with Crippen molar-refractivity contribution in [3.05, 3.63) is 35.7 Å². The van der Waals surface area contributed by atoms with Crippen LogP contribution in [0.2, 0.25) is 0 Å². The molecule has 0 radical (unpaired) electrons. The van der Waals surface area contributed by atoms with Gasteiger partial charge in [-0.1, -0.05) is 5.16 Å². The number of nitrogens with zero attached hydrogens (tertiary/aromatic N) is 3. The highest BCUT2D eigenvalue weighted by Crippen LogP contribution is 2.19. The Morgan fingerprint density at radius 2 is 2.00 bits per heavy atom. The summed E-state index contributed by atoms with van der Waals surface area (Å²) in [5.41, 5.74) is 0.402. The van der Waals surface area contributed by atoms with E-state index in [0.717, 1.165) is 38.3 Å². The molecule has 5 nitrogen and oxygen atoms in total. The number of benzene rings is 1. The van der Waals surface area contributed by atoms with E-state index < -0.39 is 11.6 Å². The first-order valence-corrected chi connectivity index (χ1v) is 6.43. The largest absolute Gasteiger partial charge is 0.338 e. The first-order valence-electron chi connectivity index (χ1n) is 6.43. The van der Waals surface area contributed by atoms with Crippen molar-refractivity contribution in [2.75, 3.05) is 26.2 Å². The normalized spacial score (nSPS) is 16.5. The molecule has 1 N–H and O–H groups in total. The molecular weight excluding hydrogens is 266 g/mol. The molecule has 1 aromatic heterocycles. The van der Waals surface area contributed by atoms with Crippen molar-refractivity contribution in [2.24, 2.45) is 0 Å². The second kappa shape index (κ2) is 5.64. The molecule has 0 aliphatic carbocycles. The monoisotopic (exact) mass is 280 g/mol. The van der Waals surface area contributed by atoms with Gasteiger partial charge in [0, 0.05) is 31.7 Å². The van der Waals surface area contributed by atoms with Gasteiger partial charge in [0.05, 0.1) is 6.54 Å². The summed E-state index contributed by atoms with van der Waals surface area (Å²) >= 11 is 0. The van der Waals surface area contributed by atoms with Gasteiger partial charge >= 0.3 is 0 Å². The first-order chi connectivity index (χ1) is 9.72. The SMILES string of the molecule is Fc1ccc(-c2noc(CN3CCNCC3)n2)cc1F. The molecule has 1 aliphatic heterocycles. The molecule has 0 amide bonds. The second-order valence-electron chi connectivity index (χ2n) is 4.67. The van der Waals surface area contributed by atoms with Gasteiger partial charge in [-0.3, -0.25) is 4.90 Å². The summed E-state index contributed by atoms with van der Waals surface area (Å²) in [5, 5.41) is 7.06. The average molecular weight is 280 g/mol. The fraction of sp³-hybridized carbons (Fsp3) is 0.385. The molecule has 3 rings (SSSR count). The average Bonchev–Trinajstić information content (AvgIpc) is 2.91. The predicted molar refractivity (Wildman–Crippen MR) is 67.8 cm³/mol. The standard InChI is InChI=1S/C13H14F2N4O/c14-10-2-1-9(7-11(10)15)13-17-12(20-18-13)8-19-5-3-16-4-6-19/h1-2,7,16H,3-6,8H2. The molecule has 1 aliphatic rings. The topological polar surface area (TPSA) is 54.2 Å². The zero-order chi connectivity index (χ0) is 13.9. The van der Waals surface area contributed by atoms with Gasteiger partial charge in [-0.05, 0) is 18.2 Å². The van der Waals surface area contributed by atoms with Crippen molar-refractivity contribution < 1.29 is 13.3 Å². The lowest BCUT2D eigenvalue weighted by molar-refractivity contribution is 0.203. The quantitative estimate of drug-likeness (QED) is 0.921. The third-order valence-corrected chi connectivity index (χ3v) is 3.21. The van der Waals surface area contributed by atoms with Crippen molar-refractivity contribution in [3.63, 3.8) is 0 Å². The van der Waals surface area contributed by atoms with Gasteiger partial charge in [-0.25, -0.2) is 8.78 Å². The molecule has 0 spiro atoms. The van der Waals surface area contributed by atoms with Crippen LogP contribution in [0.25, 0.3) is 11.4 Å². The summed E-state index contributed by atoms with van der Waals surface area (Å²) in [6.07, 6.45) is 0. The van der Waals surface area contributed by atoms with Gasteiger partial charge < -0.3 is 9.84 Å². The molecule has 0 saturated carbocycles. The lowest BCUT2D eigenvalue weighted by Crippen LogP contribution is -2.42. The van der Waals surface area contributed by atoms with Crippen LogP contribution >= 0.6 is 0 Å². The zero-order valence-corrected chi connectivity index (χ0v) is 10.8. The first kappa shape index (κ1) is 13.1. The van der Waals surface area contributed by atoms with Crippen LogP contribution < -0.4 is 5.32 Å². The minimum atomic E-state index is -0.920. The summed E-state index contributed by atoms with van der Waals surface area (Å²) in [7, 11) is 0. The maximum absolute atomic E-state index is 13.2. The molecule has 0 unspecified atom stereocenters. The van der Waals surface area contributed by atoms with Crippen LogP contribution in [0.15, 0.2) is 22.7 Å². The Bertz CT molecular complexity index is 596. The summed E-state index contributed by atoms with van der Waals surface area (Å²) in [6, 6.07) is 3.55. The number of piperazine rings is 1. The molecule has 0 atom stereocenters. The second-order valence-corrected chi connectivity index (χ2v) is 4.67. The molecule has 2 aromatic rings. The fourth-order valence-corrected chi connectivity index (χ4v) is 2.13. The van der Waals surface area contributed by atoms with Crippen LogP contribution in [0.5, 0.6) is 0 Å². The Morgan fingerprint density at radius 1 is 1.20 bits per heavy atom. The molecular formula is C13H14F2N4O. The maximum Gasteiger partial charge on any atom is 0.241 e. The summed E-state index contributed by atoms with van der Waals surface area (Å²) in [6.45, 7) is 4.28. The van der Waals surface area contributed by atoms with E-state index in [4.69, 9.17) is 4.52 Å². The lowest BCUT2D eigenvalue weighted by Gasteiger charge is -2.25. The minimum Gasteiger partial charge on any atom is -0.338 e. The zero-order valence-electron chi connectivity index (χ0n) is 10.8. The van der Waals surface area contributed by atoms with Gasteiger partial charge in [0.2, 0.25) is 11.7 Å². The van der Waals surface area contributed by atoms with Gasteiger partial charge in [0.25, 0.3) is 0 Å². The van der Waals surface area contributed by atoms with Gasteiger partial charge in [0.1, 0.15) is 0 Å². The predicted octanol–water partition coefficient (Wildman–Crippen LogP) is 1.42. The van der Waals surface area contributed by atoms with E-state index in [1.54, 1.807) is 0 Å². The van der Waals surface area contributed by atoms with Crippen LogP contribution in [0, 0.1) is 11.6 Å². The van der Waals surface area contributed by atoms with E-state index in [-0.39, 0.29) is 5.82 Å². The van der Waals surface area contributed by atoms with E-state index in [2.05, 4.69) is 20.4 Å². The molecule has 1 fully saturated rings. The number of nitrogens with one attached hydrogen (secondary N) is 1. The van der Waals surface area contributed by atoms with Crippen molar-refractivity contribution in [3.8, 4) is 11.4 Å². The molecule has 1 saturated heterocycles. The molecule has 7 heteroatoms. The van der Waals surface area contributed by atoms with Crippen LogP contribution in [-0.4, -0.2) is 41.2 Å². The van der Waals surface area contributed by atoms with E-state index in [1.807, 2.05) is 0 Å². The smallest absolute Gasteiger partial charge is 0.241 e. The highest BCUT2D eigenvalue weighted by molar-refractivity contribution is 5.54. The third kappa shape index (κ3) is 2.83. The van der Waals surface area contributed by atoms with Crippen molar-refractivity contribution >= 4 is 0 Å². The highest BCUT2D eigenvalue weighted by Gasteiger charge is 2.15. The molecule has 0 bridgehead atoms. The van der Waals surface area contributed by atoms with Crippen LogP contribution in [-0.2, 0) is 6.54 Å². The number of hydrogen-bond acceptors (Lipinski definition) is 5. The van der Waals surface area contributed by atoms with Gasteiger partial charge in [-0.15, -0.1) is 0 Å². The van der Waals surface area contributed by atoms with Crippen LogP contribution in [0.4, 0.5) is 8.78 Å². The van der Waals surface area contributed by atoms with E-state index in [0.29, 0.717) is 18.0 Å². The van der Waals surface area contributed by atoms with Crippen LogP contribution in [0.1, 0.15) is 5.89 Å². The molecule has 106 valence electrons. The Morgan fingerprint density at radius 3 is 2.75 bits per heavy atom. The minimum absolute atomic E-state index is 0.272. The van der Waals surface area contributed by atoms with Gasteiger partial charge in [-0.2, -0.15) is 4.98 Å². The Balaban J connectivity index is 1.73. The summed E-state index contributed by atoms with van der Waals surface area (Å²) in [5.74, 6) is -1.06.